The van der Waals surface area contributed by atoms with Crippen LogP contribution in [-0.4, -0.2) is 29.6 Å². The summed E-state index contributed by atoms with van der Waals surface area (Å²) in [5.41, 5.74) is 1.81. The van der Waals surface area contributed by atoms with Gasteiger partial charge in [0.05, 0.1) is 0 Å². The summed E-state index contributed by atoms with van der Waals surface area (Å²) in [6.45, 7) is 8.12. The number of benzene rings is 1. The maximum atomic E-state index is 3.90. The molecule has 1 N–H and O–H groups in total. The first-order valence-corrected chi connectivity index (χ1v) is 9.11. The normalized spacial score (nSPS) is 25.8. The summed E-state index contributed by atoms with van der Waals surface area (Å²) >= 11 is 3.71. The fourth-order valence-electron chi connectivity index (χ4n) is 4.07. The molecule has 1 aromatic rings. The fourth-order valence-corrected chi connectivity index (χ4v) is 4.48. The molecular formula is C18H27BrN2. The third-order valence-electron chi connectivity index (χ3n) is 5.32. The van der Waals surface area contributed by atoms with Crippen LogP contribution in [0.4, 0.5) is 0 Å². The second-order valence-corrected chi connectivity index (χ2v) is 8.03. The third kappa shape index (κ3) is 3.35. The van der Waals surface area contributed by atoms with E-state index < -0.39 is 0 Å². The van der Waals surface area contributed by atoms with E-state index in [2.05, 4.69) is 64.3 Å². The summed E-state index contributed by atoms with van der Waals surface area (Å²) < 4.78 is 1.24. The highest BCUT2D eigenvalue weighted by atomic mass is 79.9. The molecule has 1 unspecified atom stereocenters. The van der Waals surface area contributed by atoms with Crippen LogP contribution in [-0.2, 0) is 6.54 Å². The molecule has 21 heavy (non-hydrogen) atoms. The molecule has 116 valence electrons. The van der Waals surface area contributed by atoms with Crippen LogP contribution in [0, 0.1) is 5.92 Å². The Labute approximate surface area is 137 Å². The van der Waals surface area contributed by atoms with E-state index in [9.17, 15) is 0 Å². The quantitative estimate of drug-likeness (QED) is 0.878. The van der Waals surface area contributed by atoms with E-state index in [1.807, 2.05) is 0 Å². The van der Waals surface area contributed by atoms with Crippen molar-refractivity contribution in [3.05, 3.63) is 34.3 Å². The average Bonchev–Trinajstić information content (AvgIpc) is 2.89. The van der Waals surface area contributed by atoms with Gasteiger partial charge in [-0.15, -0.1) is 0 Å². The number of rotatable bonds is 3. The van der Waals surface area contributed by atoms with Crippen LogP contribution >= 0.6 is 15.9 Å². The zero-order valence-electron chi connectivity index (χ0n) is 13.2. The minimum absolute atomic E-state index is 0.395. The Morgan fingerprint density at radius 3 is 2.67 bits per heavy atom. The van der Waals surface area contributed by atoms with Crippen LogP contribution in [0.15, 0.2) is 28.7 Å². The standard InChI is InChI=1S/C18H27BrN2/c1-14(2)17-11-20-18(9-5-6-10-18)13-21(17)12-15-7-3-4-8-16(15)19/h3-4,7-8,14,17,20H,5-6,9-13H2,1-2H3. The molecule has 1 aromatic carbocycles. The lowest BCUT2D eigenvalue weighted by molar-refractivity contribution is 0.0505. The van der Waals surface area contributed by atoms with Gasteiger partial charge in [0, 0.05) is 35.7 Å². The second kappa shape index (κ2) is 6.39. The molecule has 1 saturated carbocycles. The Morgan fingerprint density at radius 2 is 2.00 bits per heavy atom. The Hall–Kier alpha value is -0.380. The molecule has 2 fully saturated rings. The third-order valence-corrected chi connectivity index (χ3v) is 6.10. The van der Waals surface area contributed by atoms with Crippen molar-refractivity contribution in [1.29, 1.82) is 0 Å². The largest absolute Gasteiger partial charge is 0.308 e. The minimum atomic E-state index is 0.395. The first-order valence-electron chi connectivity index (χ1n) is 8.32. The van der Waals surface area contributed by atoms with Gasteiger partial charge in [-0.05, 0) is 30.4 Å². The molecule has 0 aromatic heterocycles. The van der Waals surface area contributed by atoms with Crippen molar-refractivity contribution >= 4 is 15.9 Å². The van der Waals surface area contributed by atoms with Crippen LogP contribution in [0.1, 0.15) is 45.1 Å². The van der Waals surface area contributed by atoms with E-state index >= 15 is 0 Å². The predicted molar refractivity (Wildman–Crippen MR) is 92.4 cm³/mol. The van der Waals surface area contributed by atoms with Crippen LogP contribution in [0.25, 0.3) is 0 Å². The van der Waals surface area contributed by atoms with Gasteiger partial charge in [-0.25, -0.2) is 0 Å². The highest BCUT2D eigenvalue weighted by Gasteiger charge is 2.41. The van der Waals surface area contributed by atoms with Crippen molar-refractivity contribution in [2.24, 2.45) is 5.92 Å². The molecule has 1 aliphatic carbocycles. The van der Waals surface area contributed by atoms with E-state index in [-0.39, 0.29) is 0 Å². The molecule has 1 saturated heterocycles. The number of halogens is 1. The molecule has 1 aliphatic heterocycles. The van der Waals surface area contributed by atoms with Gasteiger partial charge in [0.25, 0.3) is 0 Å². The number of nitrogens with zero attached hydrogens (tertiary/aromatic N) is 1. The Balaban J connectivity index is 1.79. The van der Waals surface area contributed by atoms with E-state index in [1.54, 1.807) is 0 Å². The van der Waals surface area contributed by atoms with Gasteiger partial charge in [-0.1, -0.05) is 60.8 Å². The minimum Gasteiger partial charge on any atom is -0.308 e. The molecule has 2 nitrogen and oxygen atoms in total. The average molecular weight is 351 g/mol. The van der Waals surface area contributed by atoms with Gasteiger partial charge in [0.1, 0.15) is 0 Å². The fraction of sp³-hybridized carbons (Fsp3) is 0.667. The molecule has 1 atom stereocenters. The Morgan fingerprint density at radius 1 is 1.29 bits per heavy atom. The second-order valence-electron chi connectivity index (χ2n) is 7.18. The van der Waals surface area contributed by atoms with Crippen molar-refractivity contribution in [2.45, 2.75) is 57.7 Å². The molecule has 0 amide bonds. The molecular weight excluding hydrogens is 324 g/mol. The zero-order chi connectivity index (χ0) is 14.9. The van der Waals surface area contributed by atoms with Crippen molar-refractivity contribution < 1.29 is 0 Å². The van der Waals surface area contributed by atoms with Crippen LogP contribution < -0.4 is 5.32 Å². The molecule has 1 spiro atoms. The van der Waals surface area contributed by atoms with E-state index in [4.69, 9.17) is 0 Å². The van der Waals surface area contributed by atoms with E-state index in [1.165, 1.54) is 42.3 Å². The van der Waals surface area contributed by atoms with Crippen LogP contribution in [0.2, 0.25) is 0 Å². The molecule has 0 bridgehead atoms. The summed E-state index contributed by atoms with van der Waals surface area (Å²) in [6, 6.07) is 9.31. The highest BCUT2D eigenvalue weighted by molar-refractivity contribution is 9.10. The Kier molecular flexibility index (Phi) is 4.72. The van der Waals surface area contributed by atoms with Crippen LogP contribution in [0.5, 0.6) is 0 Å². The van der Waals surface area contributed by atoms with Gasteiger partial charge < -0.3 is 5.32 Å². The van der Waals surface area contributed by atoms with Gasteiger partial charge >= 0.3 is 0 Å². The SMILES string of the molecule is CC(C)C1CNC2(CCCC2)CN1Cc1ccccc1Br. The van der Waals surface area contributed by atoms with Crippen molar-refractivity contribution in [3.8, 4) is 0 Å². The summed E-state index contributed by atoms with van der Waals surface area (Å²) in [5.74, 6) is 0.693. The first-order chi connectivity index (χ1) is 10.1. The lowest BCUT2D eigenvalue weighted by Crippen LogP contribution is -2.64. The van der Waals surface area contributed by atoms with Gasteiger partial charge in [-0.2, -0.15) is 0 Å². The molecule has 1 heterocycles. The number of piperazine rings is 1. The van der Waals surface area contributed by atoms with Crippen molar-refractivity contribution in [1.82, 2.24) is 10.2 Å². The van der Waals surface area contributed by atoms with E-state index in [0.29, 0.717) is 17.5 Å². The van der Waals surface area contributed by atoms with Gasteiger partial charge in [0.2, 0.25) is 0 Å². The number of nitrogens with one attached hydrogen (secondary N) is 1. The summed E-state index contributed by atoms with van der Waals surface area (Å²) in [6.07, 6.45) is 5.49. The smallest absolute Gasteiger partial charge is 0.0309 e. The highest BCUT2D eigenvalue weighted by Crippen LogP contribution is 2.35. The molecule has 3 heteroatoms. The summed E-state index contributed by atoms with van der Waals surface area (Å²) in [5, 5.41) is 3.90. The van der Waals surface area contributed by atoms with Gasteiger partial charge in [0.15, 0.2) is 0 Å². The topological polar surface area (TPSA) is 15.3 Å². The van der Waals surface area contributed by atoms with Gasteiger partial charge in [-0.3, -0.25) is 4.90 Å². The lowest BCUT2D eigenvalue weighted by atomic mass is 9.88. The Bertz CT molecular complexity index is 480. The maximum Gasteiger partial charge on any atom is 0.0309 e. The summed E-state index contributed by atoms with van der Waals surface area (Å²) in [4.78, 5) is 2.73. The molecule has 3 rings (SSSR count). The lowest BCUT2D eigenvalue weighted by Gasteiger charge is -2.48. The maximum absolute atomic E-state index is 3.90. The number of hydrogen-bond donors (Lipinski definition) is 1. The zero-order valence-corrected chi connectivity index (χ0v) is 14.8. The monoisotopic (exact) mass is 350 g/mol. The summed E-state index contributed by atoms with van der Waals surface area (Å²) in [7, 11) is 0. The van der Waals surface area contributed by atoms with Crippen molar-refractivity contribution in [2.75, 3.05) is 13.1 Å². The van der Waals surface area contributed by atoms with Crippen LogP contribution in [0.3, 0.4) is 0 Å². The molecule has 2 aliphatic rings. The van der Waals surface area contributed by atoms with E-state index in [0.717, 1.165) is 13.1 Å². The number of hydrogen-bond acceptors (Lipinski definition) is 2. The first kappa shape index (κ1) is 15.5. The molecule has 0 radical (unpaired) electrons. The van der Waals surface area contributed by atoms with Crippen molar-refractivity contribution in [3.63, 3.8) is 0 Å². The predicted octanol–water partition coefficient (Wildman–Crippen LogP) is 4.19.